The summed E-state index contributed by atoms with van der Waals surface area (Å²) >= 11 is 0. The Bertz CT molecular complexity index is 838. The number of allylic oxidation sites excluding steroid dienone is 3. The second kappa shape index (κ2) is 6.95. The Morgan fingerprint density at radius 2 is 1.52 bits per heavy atom. The maximum absolute atomic E-state index is 4.06. The van der Waals surface area contributed by atoms with E-state index in [1.54, 1.807) is 0 Å². The zero-order valence-electron chi connectivity index (χ0n) is 15.5. The van der Waals surface area contributed by atoms with Crippen LogP contribution in [0.1, 0.15) is 17.5 Å². The van der Waals surface area contributed by atoms with E-state index in [1.165, 1.54) is 16.7 Å². The van der Waals surface area contributed by atoms with Crippen LogP contribution in [0.25, 0.3) is 0 Å². The average molecular weight is 354 g/mol. The first kappa shape index (κ1) is 16.7. The van der Waals surface area contributed by atoms with Crippen molar-refractivity contribution in [2.45, 2.75) is 37.0 Å². The van der Waals surface area contributed by atoms with E-state index in [-0.39, 0.29) is 5.66 Å². The van der Waals surface area contributed by atoms with Crippen LogP contribution in [0.15, 0.2) is 96.6 Å². The molecular formula is C25H26N2. The fourth-order valence-corrected chi connectivity index (χ4v) is 5.03. The van der Waals surface area contributed by atoms with Crippen molar-refractivity contribution in [2.75, 3.05) is 0 Å². The van der Waals surface area contributed by atoms with E-state index in [9.17, 15) is 0 Å². The Morgan fingerprint density at radius 1 is 0.852 bits per heavy atom. The third kappa shape index (κ3) is 3.31. The summed E-state index contributed by atoms with van der Waals surface area (Å²) in [5.74, 6) is 0.527. The monoisotopic (exact) mass is 354 g/mol. The van der Waals surface area contributed by atoms with E-state index in [0.717, 1.165) is 19.3 Å². The number of hydrogen-bond donors (Lipinski definition) is 2. The van der Waals surface area contributed by atoms with Gasteiger partial charge >= 0.3 is 0 Å². The number of benzene rings is 2. The third-order valence-electron chi connectivity index (χ3n) is 6.11. The van der Waals surface area contributed by atoms with E-state index < -0.39 is 0 Å². The highest BCUT2D eigenvalue weighted by atomic mass is 15.3. The lowest BCUT2D eigenvalue weighted by Gasteiger charge is -2.53. The van der Waals surface area contributed by atoms with Crippen LogP contribution in [0.5, 0.6) is 0 Å². The van der Waals surface area contributed by atoms with E-state index in [1.807, 2.05) is 0 Å². The van der Waals surface area contributed by atoms with Crippen molar-refractivity contribution in [3.05, 3.63) is 108 Å². The van der Waals surface area contributed by atoms with Gasteiger partial charge in [-0.1, -0.05) is 91.0 Å². The highest BCUT2D eigenvalue weighted by molar-refractivity contribution is 5.39. The molecule has 136 valence electrons. The van der Waals surface area contributed by atoms with Crippen molar-refractivity contribution in [3.63, 3.8) is 0 Å². The minimum absolute atomic E-state index is 0.146. The summed E-state index contributed by atoms with van der Waals surface area (Å²) in [7, 11) is 0. The van der Waals surface area contributed by atoms with Gasteiger partial charge < -0.3 is 0 Å². The molecule has 2 nitrogen and oxygen atoms in total. The molecule has 2 aliphatic carbocycles. The van der Waals surface area contributed by atoms with Crippen molar-refractivity contribution in [1.29, 1.82) is 0 Å². The molecular weight excluding hydrogens is 328 g/mol. The maximum Gasteiger partial charge on any atom is 0.0777 e. The van der Waals surface area contributed by atoms with E-state index in [4.69, 9.17) is 0 Å². The highest BCUT2D eigenvalue weighted by Crippen LogP contribution is 2.37. The molecule has 1 fully saturated rings. The van der Waals surface area contributed by atoms with E-state index >= 15 is 0 Å². The van der Waals surface area contributed by atoms with Crippen LogP contribution < -0.4 is 10.6 Å². The molecule has 0 aromatic heterocycles. The molecule has 0 radical (unpaired) electrons. The minimum Gasteiger partial charge on any atom is -0.295 e. The Labute approximate surface area is 161 Å². The molecule has 3 unspecified atom stereocenters. The lowest BCUT2D eigenvalue weighted by atomic mass is 9.72. The average Bonchev–Trinajstić information content (AvgIpc) is 2.70. The Hall–Kier alpha value is -2.42. The molecule has 1 aliphatic heterocycles. The smallest absolute Gasteiger partial charge is 0.0777 e. The van der Waals surface area contributed by atoms with Crippen LogP contribution in [0.2, 0.25) is 0 Å². The van der Waals surface area contributed by atoms with Crippen LogP contribution in [-0.2, 0) is 12.8 Å². The topological polar surface area (TPSA) is 24.1 Å². The quantitative estimate of drug-likeness (QED) is 0.861. The van der Waals surface area contributed by atoms with Gasteiger partial charge in [-0.05, 0) is 23.1 Å². The maximum atomic E-state index is 4.06. The van der Waals surface area contributed by atoms with Gasteiger partial charge in [-0.15, -0.1) is 0 Å². The molecule has 3 aliphatic rings. The lowest BCUT2D eigenvalue weighted by molar-refractivity contribution is 0.114. The van der Waals surface area contributed by atoms with Gasteiger partial charge in [0.05, 0.1) is 5.66 Å². The summed E-state index contributed by atoms with van der Waals surface area (Å²) in [5.41, 5.74) is 4.04. The van der Waals surface area contributed by atoms with Gasteiger partial charge in [0, 0.05) is 30.8 Å². The number of nitrogens with one attached hydrogen (secondary N) is 2. The standard InChI is InChI=1S/C25H26N2/c1-3-9-19(10-4-1)17-25(18-20-11-5-2-6-12-20)26-22-15-7-13-21-14-8-16-23(27-25)24(21)22/h1-15,22-24,26-27H,16-18H2. The Morgan fingerprint density at radius 3 is 2.19 bits per heavy atom. The second-order valence-electron chi connectivity index (χ2n) is 8.04. The van der Waals surface area contributed by atoms with Crippen LogP contribution >= 0.6 is 0 Å². The van der Waals surface area contributed by atoms with Gasteiger partial charge in [-0.2, -0.15) is 0 Å². The van der Waals surface area contributed by atoms with Gasteiger partial charge in [0.1, 0.15) is 0 Å². The van der Waals surface area contributed by atoms with Gasteiger partial charge in [0.15, 0.2) is 0 Å². The van der Waals surface area contributed by atoms with Crippen molar-refractivity contribution < 1.29 is 0 Å². The number of rotatable bonds is 4. The summed E-state index contributed by atoms with van der Waals surface area (Å²) in [5, 5.41) is 8.08. The summed E-state index contributed by atoms with van der Waals surface area (Å²) in [6.45, 7) is 0. The first-order valence-corrected chi connectivity index (χ1v) is 10.00. The van der Waals surface area contributed by atoms with Crippen LogP contribution in [-0.4, -0.2) is 17.7 Å². The third-order valence-corrected chi connectivity index (χ3v) is 6.11. The lowest BCUT2D eigenvalue weighted by Crippen LogP contribution is -2.73. The summed E-state index contributed by atoms with van der Waals surface area (Å²) in [6, 6.07) is 22.6. The van der Waals surface area contributed by atoms with E-state index in [2.05, 4.69) is 102 Å². The molecule has 2 N–H and O–H groups in total. The van der Waals surface area contributed by atoms with Gasteiger partial charge in [-0.25, -0.2) is 0 Å². The highest BCUT2D eigenvalue weighted by Gasteiger charge is 2.46. The second-order valence-corrected chi connectivity index (χ2v) is 8.04. The zero-order chi connectivity index (χ0) is 18.1. The molecule has 27 heavy (non-hydrogen) atoms. The molecule has 2 aromatic carbocycles. The number of hydrogen-bond acceptors (Lipinski definition) is 2. The van der Waals surface area contributed by atoms with E-state index in [0.29, 0.717) is 18.0 Å². The fraction of sp³-hybridized carbons (Fsp3) is 0.280. The predicted octanol–water partition coefficient (Wildman–Crippen LogP) is 4.17. The Balaban J connectivity index is 1.51. The van der Waals surface area contributed by atoms with Gasteiger partial charge in [0.2, 0.25) is 0 Å². The van der Waals surface area contributed by atoms with Crippen molar-refractivity contribution in [1.82, 2.24) is 10.6 Å². The molecule has 5 rings (SSSR count). The fourth-order valence-electron chi connectivity index (χ4n) is 5.03. The molecule has 0 saturated carbocycles. The van der Waals surface area contributed by atoms with Gasteiger partial charge in [0.25, 0.3) is 0 Å². The molecule has 2 aromatic rings. The first-order chi connectivity index (χ1) is 13.3. The van der Waals surface area contributed by atoms with Crippen LogP contribution in [0.4, 0.5) is 0 Å². The molecule has 0 amide bonds. The summed E-state index contributed by atoms with van der Waals surface area (Å²) < 4.78 is 0. The van der Waals surface area contributed by atoms with Crippen LogP contribution in [0.3, 0.4) is 0 Å². The SMILES string of the molecule is C1=CC2NC(Cc3ccccc3)(Cc3ccccc3)NC3CC=CC(=C1)C23. The molecule has 1 saturated heterocycles. The molecule has 1 heterocycles. The summed E-state index contributed by atoms with van der Waals surface area (Å²) in [4.78, 5) is 0. The van der Waals surface area contributed by atoms with Crippen LogP contribution in [0, 0.1) is 5.92 Å². The molecule has 0 bridgehead atoms. The summed E-state index contributed by atoms with van der Waals surface area (Å²) in [6.07, 6.45) is 14.5. The largest absolute Gasteiger partial charge is 0.295 e. The normalized spacial score (nSPS) is 27.7. The zero-order valence-corrected chi connectivity index (χ0v) is 15.5. The van der Waals surface area contributed by atoms with Crippen molar-refractivity contribution in [2.24, 2.45) is 5.92 Å². The Kier molecular flexibility index (Phi) is 4.31. The first-order valence-electron chi connectivity index (χ1n) is 10.00. The molecule has 0 spiro atoms. The molecule has 3 atom stereocenters. The van der Waals surface area contributed by atoms with Crippen molar-refractivity contribution in [3.8, 4) is 0 Å². The molecule has 2 heteroatoms. The minimum atomic E-state index is -0.146. The predicted molar refractivity (Wildman–Crippen MR) is 111 cm³/mol. The van der Waals surface area contributed by atoms with Gasteiger partial charge in [-0.3, -0.25) is 10.6 Å². The van der Waals surface area contributed by atoms with Crippen molar-refractivity contribution >= 4 is 0 Å².